The summed E-state index contributed by atoms with van der Waals surface area (Å²) in [5.74, 6) is -1.78. The summed E-state index contributed by atoms with van der Waals surface area (Å²) in [4.78, 5) is 23.3. The molecule has 1 amide bonds. The number of aliphatic carboxylic acids is 1. The van der Waals surface area contributed by atoms with Crippen molar-refractivity contribution in [3.05, 3.63) is 86.6 Å². The number of halogens is 3. The van der Waals surface area contributed by atoms with E-state index < -0.39 is 11.9 Å². The van der Waals surface area contributed by atoms with Crippen LogP contribution in [0.4, 0.5) is 21.5 Å². The lowest BCUT2D eigenvalue weighted by Gasteiger charge is -2.15. The number of carbonyl (C=O) groups excluding carboxylic acids is 1. The molecule has 0 aliphatic heterocycles. The van der Waals surface area contributed by atoms with Crippen LogP contribution in [0.5, 0.6) is 0 Å². The first kappa shape index (κ1) is 24.8. The molecule has 0 atom stereocenters. The van der Waals surface area contributed by atoms with E-state index in [-0.39, 0.29) is 18.7 Å². The number of nitrogens with one attached hydrogen (secondary N) is 2. The fourth-order valence-electron chi connectivity index (χ4n) is 3.12. The Morgan fingerprint density at radius 3 is 2.42 bits per heavy atom. The van der Waals surface area contributed by atoms with Gasteiger partial charge in [0.15, 0.2) is 0 Å². The number of anilines is 3. The SMILES string of the molecule is Cc1cc(F)ccc1C(=S)c1ccc(Nc2ccc(Br)cc2NC(=O)CCC(=O)O)cc1Cl. The highest BCUT2D eigenvalue weighted by molar-refractivity contribution is 9.10. The molecule has 0 saturated carbocycles. The lowest BCUT2D eigenvalue weighted by molar-refractivity contribution is -0.138. The normalized spacial score (nSPS) is 10.5. The molecule has 0 heterocycles. The number of carbonyl (C=O) groups is 2. The highest BCUT2D eigenvalue weighted by atomic mass is 79.9. The van der Waals surface area contributed by atoms with Crippen molar-refractivity contribution >= 4 is 73.6 Å². The molecule has 0 aromatic heterocycles. The summed E-state index contributed by atoms with van der Waals surface area (Å²) in [6.45, 7) is 1.79. The predicted molar refractivity (Wildman–Crippen MR) is 136 cm³/mol. The van der Waals surface area contributed by atoms with Crippen LogP contribution in [-0.2, 0) is 9.59 Å². The third-order valence-corrected chi connectivity index (χ3v) is 5.99. The topological polar surface area (TPSA) is 78.4 Å². The van der Waals surface area contributed by atoms with Crippen LogP contribution >= 0.6 is 39.7 Å². The lowest BCUT2D eigenvalue weighted by atomic mass is 10.00. The second-order valence-corrected chi connectivity index (χ2v) is 8.97. The van der Waals surface area contributed by atoms with E-state index in [2.05, 4.69) is 26.6 Å². The van der Waals surface area contributed by atoms with E-state index in [0.29, 0.717) is 32.5 Å². The highest BCUT2D eigenvalue weighted by Gasteiger charge is 2.14. The van der Waals surface area contributed by atoms with Crippen molar-refractivity contribution < 1.29 is 19.1 Å². The van der Waals surface area contributed by atoms with Crippen molar-refractivity contribution in [3.8, 4) is 0 Å². The molecule has 0 radical (unpaired) electrons. The predicted octanol–water partition coefficient (Wildman–Crippen LogP) is 6.86. The van der Waals surface area contributed by atoms with Gasteiger partial charge in [-0.05, 0) is 66.6 Å². The van der Waals surface area contributed by atoms with Crippen molar-refractivity contribution in [2.75, 3.05) is 10.6 Å². The number of aryl methyl sites for hydroxylation is 1. The Morgan fingerprint density at radius 2 is 1.76 bits per heavy atom. The van der Waals surface area contributed by atoms with E-state index in [0.717, 1.165) is 15.6 Å². The van der Waals surface area contributed by atoms with Crippen LogP contribution in [0.15, 0.2) is 59.1 Å². The van der Waals surface area contributed by atoms with Crippen molar-refractivity contribution in [1.82, 2.24) is 0 Å². The van der Waals surface area contributed by atoms with Gasteiger partial charge in [-0.15, -0.1) is 0 Å². The maximum atomic E-state index is 13.4. The van der Waals surface area contributed by atoms with Crippen molar-refractivity contribution in [3.63, 3.8) is 0 Å². The summed E-state index contributed by atoms with van der Waals surface area (Å²) < 4.78 is 14.2. The van der Waals surface area contributed by atoms with Crippen LogP contribution in [0.3, 0.4) is 0 Å². The minimum Gasteiger partial charge on any atom is -0.481 e. The van der Waals surface area contributed by atoms with Gasteiger partial charge in [-0.3, -0.25) is 9.59 Å². The van der Waals surface area contributed by atoms with Gasteiger partial charge in [0, 0.05) is 22.1 Å². The van der Waals surface area contributed by atoms with Gasteiger partial charge in [0.1, 0.15) is 5.82 Å². The summed E-state index contributed by atoms with van der Waals surface area (Å²) >= 11 is 15.5. The zero-order valence-electron chi connectivity index (χ0n) is 17.4. The Morgan fingerprint density at radius 1 is 1.03 bits per heavy atom. The molecule has 3 N–H and O–H groups in total. The van der Waals surface area contributed by atoms with Gasteiger partial charge in [-0.2, -0.15) is 0 Å². The molecule has 0 saturated heterocycles. The van der Waals surface area contributed by atoms with E-state index >= 15 is 0 Å². The monoisotopic (exact) mass is 548 g/mol. The molecule has 0 aliphatic rings. The van der Waals surface area contributed by atoms with Crippen molar-refractivity contribution in [1.29, 1.82) is 0 Å². The summed E-state index contributed by atoms with van der Waals surface area (Å²) in [6.07, 6.45) is -0.394. The average molecular weight is 550 g/mol. The molecule has 5 nitrogen and oxygen atoms in total. The van der Waals surface area contributed by atoms with Crippen LogP contribution < -0.4 is 10.6 Å². The molecule has 3 aromatic rings. The summed E-state index contributed by atoms with van der Waals surface area (Å²) in [7, 11) is 0. The summed E-state index contributed by atoms with van der Waals surface area (Å²) in [6, 6.07) is 15.0. The number of benzene rings is 3. The highest BCUT2D eigenvalue weighted by Crippen LogP contribution is 2.32. The molecule has 3 aromatic carbocycles. The molecule has 170 valence electrons. The molecule has 9 heteroatoms. The Kier molecular flexibility index (Phi) is 8.18. The average Bonchev–Trinajstić information content (AvgIpc) is 2.74. The third-order valence-electron chi connectivity index (χ3n) is 4.75. The van der Waals surface area contributed by atoms with Crippen LogP contribution in [0, 0.1) is 12.7 Å². The third kappa shape index (κ3) is 6.60. The standard InChI is InChI=1S/C24H19BrClFN2O3S/c1-13-10-15(27)3-5-17(13)24(33)18-6-4-16(12-19(18)26)28-20-7-2-14(25)11-21(20)29-22(30)8-9-23(31)32/h2-7,10-12,28H,8-9H2,1H3,(H,29,30)(H,31,32). The van der Waals surface area contributed by atoms with E-state index in [1.54, 1.807) is 49.4 Å². The first-order valence-electron chi connectivity index (χ1n) is 9.82. The van der Waals surface area contributed by atoms with E-state index in [1.165, 1.54) is 12.1 Å². The van der Waals surface area contributed by atoms with Crippen LogP contribution in [0.1, 0.15) is 29.5 Å². The van der Waals surface area contributed by atoms with E-state index in [9.17, 15) is 14.0 Å². The number of carboxylic acids is 1. The number of thiocarbonyl (C=S) groups is 1. The lowest BCUT2D eigenvalue weighted by Crippen LogP contribution is -2.14. The number of carboxylic acid groups (broad SMARTS) is 1. The molecular weight excluding hydrogens is 531 g/mol. The van der Waals surface area contributed by atoms with Crippen molar-refractivity contribution in [2.45, 2.75) is 19.8 Å². The minimum absolute atomic E-state index is 0.137. The minimum atomic E-state index is -1.04. The number of amides is 1. The molecule has 0 unspecified atom stereocenters. The molecule has 3 rings (SSSR count). The van der Waals surface area contributed by atoms with Gasteiger partial charge in [0.2, 0.25) is 5.91 Å². The number of rotatable bonds is 8. The summed E-state index contributed by atoms with van der Waals surface area (Å²) in [5, 5.41) is 15.1. The zero-order valence-corrected chi connectivity index (χ0v) is 20.6. The molecular formula is C24H19BrClFN2O3S. The fourth-order valence-corrected chi connectivity index (χ4v) is 4.22. The summed E-state index contributed by atoms with van der Waals surface area (Å²) in [5.41, 5.74) is 3.83. The van der Waals surface area contributed by atoms with Gasteiger partial charge >= 0.3 is 5.97 Å². The van der Waals surface area contributed by atoms with Gasteiger partial charge in [-0.1, -0.05) is 45.8 Å². The maximum absolute atomic E-state index is 13.4. The molecule has 0 spiro atoms. The molecule has 0 bridgehead atoms. The van der Waals surface area contributed by atoms with Crippen LogP contribution in [0.2, 0.25) is 5.02 Å². The zero-order chi connectivity index (χ0) is 24.1. The van der Waals surface area contributed by atoms with E-state index in [4.69, 9.17) is 28.9 Å². The second-order valence-electron chi connectivity index (χ2n) is 7.24. The van der Waals surface area contributed by atoms with E-state index in [1.807, 2.05) is 0 Å². The Labute approximate surface area is 209 Å². The Bertz CT molecular complexity index is 1250. The Balaban J connectivity index is 1.82. The molecule has 0 fully saturated rings. The largest absolute Gasteiger partial charge is 0.481 e. The van der Waals surface area contributed by atoms with Gasteiger partial charge < -0.3 is 15.7 Å². The van der Waals surface area contributed by atoms with Crippen LogP contribution in [0.25, 0.3) is 0 Å². The second kappa shape index (κ2) is 10.9. The van der Waals surface area contributed by atoms with Gasteiger partial charge in [0.05, 0.1) is 27.7 Å². The Hall–Kier alpha value is -2.81. The van der Waals surface area contributed by atoms with Gasteiger partial charge in [0.25, 0.3) is 0 Å². The molecule has 0 aliphatic carbocycles. The quantitative estimate of drug-likeness (QED) is 0.211. The fraction of sp³-hybridized carbons (Fsp3) is 0.125. The smallest absolute Gasteiger partial charge is 0.303 e. The van der Waals surface area contributed by atoms with Gasteiger partial charge in [-0.25, -0.2) is 4.39 Å². The van der Waals surface area contributed by atoms with Crippen molar-refractivity contribution in [2.24, 2.45) is 0 Å². The molecule has 33 heavy (non-hydrogen) atoms. The maximum Gasteiger partial charge on any atom is 0.303 e. The first-order chi connectivity index (χ1) is 15.6. The number of hydrogen-bond acceptors (Lipinski definition) is 4. The first-order valence-corrected chi connectivity index (χ1v) is 11.4. The van der Waals surface area contributed by atoms with Crippen LogP contribution in [-0.4, -0.2) is 21.8 Å². The number of hydrogen-bond donors (Lipinski definition) is 3.